The maximum absolute atomic E-state index is 5.83. The SMILES string of the molecule is CCOC1CC(Nc2cccc(Cl)n2)C1OC. The van der Waals surface area contributed by atoms with E-state index in [4.69, 9.17) is 21.1 Å². The molecule has 1 aliphatic carbocycles. The van der Waals surface area contributed by atoms with Gasteiger partial charge in [0, 0.05) is 13.7 Å². The summed E-state index contributed by atoms with van der Waals surface area (Å²) in [6.45, 7) is 2.71. The lowest BCUT2D eigenvalue weighted by molar-refractivity contribution is -0.118. The van der Waals surface area contributed by atoms with Gasteiger partial charge in [0.2, 0.25) is 0 Å². The molecule has 0 aromatic carbocycles. The lowest BCUT2D eigenvalue weighted by Crippen LogP contribution is -2.56. The normalized spacial score (nSPS) is 27.6. The molecule has 2 rings (SSSR count). The molecule has 1 fully saturated rings. The molecule has 1 aliphatic rings. The van der Waals surface area contributed by atoms with Crippen LogP contribution < -0.4 is 5.32 Å². The van der Waals surface area contributed by atoms with Gasteiger partial charge >= 0.3 is 0 Å². The monoisotopic (exact) mass is 256 g/mol. The average molecular weight is 257 g/mol. The summed E-state index contributed by atoms with van der Waals surface area (Å²) < 4.78 is 11.0. The van der Waals surface area contributed by atoms with Crippen LogP contribution in [0.3, 0.4) is 0 Å². The first kappa shape index (κ1) is 12.6. The molecule has 1 aromatic rings. The number of ether oxygens (including phenoxy) is 2. The molecule has 94 valence electrons. The fraction of sp³-hybridized carbons (Fsp3) is 0.583. The quantitative estimate of drug-likeness (QED) is 0.822. The number of halogens is 1. The van der Waals surface area contributed by atoms with Gasteiger partial charge in [-0.05, 0) is 25.5 Å². The highest BCUT2D eigenvalue weighted by Gasteiger charge is 2.42. The molecule has 0 aliphatic heterocycles. The molecule has 0 bridgehead atoms. The van der Waals surface area contributed by atoms with E-state index >= 15 is 0 Å². The molecule has 1 aromatic heterocycles. The molecular formula is C12H17ClN2O2. The summed E-state index contributed by atoms with van der Waals surface area (Å²) in [5.74, 6) is 0.777. The first-order chi connectivity index (χ1) is 8.24. The van der Waals surface area contributed by atoms with Crippen LogP contribution in [0.5, 0.6) is 0 Å². The van der Waals surface area contributed by atoms with E-state index in [-0.39, 0.29) is 18.2 Å². The minimum absolute atomic E-state index is 0.0794. The molecule has 1 saturated carbocycles. The predicted molar refractivity (Wildman–Crippen MR) is 67.5 cm³/mol. The third kappa shape index (κ3) is 2.89. The van der Waals surface area contributed by atoms with Crippen molar-refractivity contribution in [3.8, 4) is 0 Å². The standard InChI is InChI=1S/C12H17ClN2O2/c1-3-17-9-7-8(12(9)16-2)14-11-6-4-5-10(13)15-11/h4-6,8-9,12H,3,7H2,1-2H3,(H,14,15). The van der Waals surface area contributed by atoms with Crippen LogP contribution in [0.4, 0.5) is 5.82 Å². The molecule has 3 unspecified atom stereocenters. The lowest BCUT2D eigenvalue weighted by Gasteiger charge is -2.43. The lowest BCUT2D eigenvalue weighted by atomic mass is 9.85. The van der Waals surface area contributed by atoms with Gasteiger partial charge < -0.3 is 14.8 Å². The Hall–Kier alpha value is -0.840. The van der Waals surface area contributed by atoms with Gasteiger partial charge in [-0.15, -0.1) is 0 Å². The summed E-state index contributed by atoms with van der Waals surface area (Å²) in [5.41, 5.74) is 0. The summed E-state index contributed by atoms with van der Waals surface area (Å²) in [6, 6.07) is 5.76. The van der Waals surface area contributed by atoms with E-state index in [1.54, 1.807) is 13.2 Å². The summed E-state index contributed by atoms with van der Waals surface area (Å²) in [6.07, 6.45) is 1.19. The van der Waals surface area contributed by atoms with E-state index in [1.807, 2.05) is 19.1 Å². The maximum atomic E-state index is 5.83. The fourth-order valence-electron chi connectivity index (χ4n) is 2.09. The van der Waals surface area contributed by atoms with Gasteiger partial charge in [-0.3, -0.25) is 0 Å². The largest absolute Gasteiger partial charge is 0.377 e. The first-order valence-corrected chi connectivity index (χ1v) is 6.16. The summed E-state index contributed by atoms with van der Waals surface area (Å²) in [4.78, 5) is 4.19. The minimum atomic E-state index is 0.0794. The molecule has 17 heavy (non-hydrogen) atoms. The number of anilines is 1. The summed E-state index contributed by atoms with van der Waals surface area (Å²) in [5, 5.41) is 3.80. The molecule has 3 atom stereocenters. The van der Waals surface area contributed by atoms with Crippen molar-refractivity contribution in [3.63, 3.8) is 0 Å². The van der Waals surface area contributed by atoms with Gasteiger partial charge in [0.1, 0.15) is 17.1 Å². The third-order valence-corrected chi connectivity index (χ3v) is 3.16. The number of pyridine rings is 1. The van der Waals surface area contributed by atoms with Gasteiger partial charge in [0.15, 0.2) is 0 Å². The minimum Gasteiger partial charge on any atom is -0.377 e. The van der Waals surface area contributed by atoms with Crippen LogP contribution in [-0.2, 0) is 9.47 Å². The molecule has 0 radical (unpaired) electrons. The summed E-state index contributed by atoms with van der Waals surface area (Å²) >= 11 is 5.83. The highest BCUT2D eigenvalue weighted by molar-refractivity contribution is 6.29. The van der Waals surface area contributed by atoms with Gasteiger partial charge in [-0.2, -0.15) is 0 Å². The second-order valence-electron chi connectivity index (χ2n) is 4.03. The van der Waals surface area contributed by atoms with Crippen molar-refractivity contribution in [2.75, 3.05) is 19.0 Å². The Labute approximate surface area is 106 Å². The second-order valence-corrected chi connectivity index (χ2v) is 4.41. The molecule has 1 heterocycles. The Morgan fingerprint density at radius 2 is 2.35 bits per heavy atom. The van der Waals surface area contributed by atoms with Crippen molar-refractivity contribution in [1.82, 2.24) is 4.98 Å². The highest BCUT2D eigenvalue weighted by atomic mass is 35.5. The Morgan fingerprint density at radius 3 is 3.00 bits per heavy atom. The summed E-state index contributed by atoms with van der Waals surface area (Å²) in [7, 11) is 1.70. The van der Waals surface area contributed by atoms with Crippen molar-refractivity contribution in [2.45, 2.75) is 31.6 Å². The highest BCUT2D eigenvalue weighted by Crippen LogP contribution is 2.29. The first-order valence-electron chi connectivity index (χ1n) is 5.78. The Morgan fingerprint density at radius 1 is 1.53 bits per heavy atom. The molecule has 0 saturated heterocycles. The Bertz CT molecular complexity index is 375. The maximum Gasteiger partial charge on any atom is 0.131 e. The number of rotatable bonds is 5. The number of hydrogen-bond donors (Lipinski definition) is 1. The van der Waals surface area contributed by atoms with Crippen molar-refractivity contribution in [1.29, 1.82) is 0 Å². The molecule has 1 N–H and O–H groups in total. The van der Waals surface area contributed by atoms with E-state index in [1.165, 1.54) is 0 Å². The molecular weight excluding hydrogens is 240 g/mol. The predicted octanol–water partition coefficient (Wildman–Crippen LogP) is 2.34. The zero-order chi connectivity index (χ0) is 12.3. The third-order valence-electron chi connectivity index (χ3n) is 2.95. The van der Waals surface area contributed by atoms with Gasteiger partial charge in [-0.1, -0.05) is 17.7 Å². The van der Waals surface area contributed by atoms with Gasteiger partial charge in [-0.25, -0.2) is 4.98 Å². The molecule has 0 spiro atoms. The van der Waals surface area contributed by atoms with Crippen molar-refractivity contribution in [3.05, 3.63) is 23.4 Å². The number of methoxy groups -OCH3 is 1. The zero-order valence-corrected chi connectivity index (χ0v) is 10.8. The second kappa shape index (κ2) is 5.67. The van der Waals surface area contributed by atoms with Crippen LogP contribution in [0.15, 0.2) is 18.2 Å². The van der Waals surface area contributed by atoms with E-state index < -0.39 is 0 Å². The van der Waals surface area contributed by atoms with Crippen LogP contribution >= 0.6 is 11.6 Å². The van der Waals surface area contributed by atoms with Crippen molar-refractivity contribution >= 4 is 17.4 Å². The Kier molecular flexibility index (Phi) is 4.20. The number of nitrogens with zero attached hydrogens (tertiary/aromatic N) is 1. The number of nitrogens with one attached hydrogen (secondary N) is 1. The van der Waals surface area contributed by atoms with Crippen molar-refractivity contribution in [2.24, 2.45) is 0 Å². The Balaban J connectivity index is 1.92. The number of hydrogen-bond acceptors (Lipinski definition) is 4. The van der Waals surface area contributed by atoms with Crippen LogP contribution in [-0.4, -0.2) is 37.0 Å². The fourth-order valence-corrected chi connectivity index (χ4v) is 2.26. The zero-order valence-electron chi connectivity index (χ0n) is 10.0. The smallest absolute Gasteiger partial charge is 0.131 e. The average Bonchev–Trinajstić information content (AvgIpc) is 2.28. The van der Waals surface area contributed by atoms with Crippen LogP contribution in [0.25, 0.3) is 0 Å². The molecule has 0 amide bonds. The van der Waals surface area contributed by atoms with Crippen LogP contribution in [0.1, 0.15) is 13.3 Å². The van der Waals surface area contributed by atoms with Crippen LogP contribution in [0, 0.1) is 0 Å². The molecule has 4 nitrogen and oxygen atoms in total. The molecule has 5 heteroatoms. The van der Waals surface area contributed by atoms with Gasteiger partial charge in [0.05, 0.1) is 12.1 Å². The van der Waals surface area contributed by atoms with E-state index in [0.717, 1.165) is 12.2 Å². The van der Waals surface area contributed by atoms with Crippen molar-refractivity contribution < 1.29 is 9.47 Å². The van der Waals surface area contributed by atoms with E-state index in [2.05, 4.69) is 10.3 Å². The van der Waals surface area contributed by atoms with E-state index in [0.29, 0.717) is 11.8 Å². The topological polar surface area (TPSA) is 43.4 Å². The van der Waals surface area contributed by atoms with Crippen LogP contribution in [0.2, 0.25) is 5.15 Å². The van der Waals surface area contributed by atoms with Gasteiger partial charge in [0.25, 0.3) is 0 Å². The van der Waals surface area contributed by atoms with E-state index in [9.17, 15) is 0 Å². The number of aromatic nitrogens is 1.